The maximum absolute atomic E-state index is 13.3. The van der Waals surface area contributed by atoms with Crippen LogP contribution < -0.4 is 0 Å². The molecule has 11 heteroatoms. The predicted octanol–water partition coefficient (Wildman–Crippen LogP) is 5.26. The maximum atomic E-state index is 13.3. The van der Waals surface area contributed by atoms with Crippen molar-refractivity contribution in [2.24, 2.45) is 0 Å². The Balaban J connectivity index is 1.28. The lowest BCUT2D eigenvalue weighted by atomic mass is 10.0. The molecule has 0 N–H and O–H groups in total. The molecule has 3 aromatic heterocycles. The minimum absolute atomic E-state index is 0.0632. The van der Waals surface area contributed by atoms with Crippen molar-refractivity contribution in [3.05, 3.63) is 78.2 Å². The zero-order valence-electron chi connectivity index (χ0n) is 19.5. The van der Waals surface area contributed by atoms with E-state index in [4.69, 9.17) is 4.42 Å². The molecule has 1 aliphatic rings. The molecule has 0 radical (unpaired) electrons. The van der Waals surface area contributed by atoms with Gasteiger partial charge in [-0.05, 0) is 49.6 Å². The number of hydrogen-bond donors (Lipinski definition) is 0. The number of sulfonamides is 1. The molecule has 7 nitrogen and oxygen atoms in total. The van der Waals surface area contributed by atoms with E-state index in [1.54, 1.807) is 36.4 Å². The van der Waals surface area contributed by atoms with E-state index in [1.807, 2.05) is 0 Å². The van der Waals surface area contributed by atoms with Crippen molar-refractivity contribution in [3.63, 3.8) is 0 Å². The number of aromatic nitrogens is 2. The molecule has 0 saturated carbocycles. The largest absolute Gasteiger partial charge is 0.443 e. The second kappa shape index (κ2) is 9.71. The van der Waals surface area contributed by atoms with E-state index in [2.05, 4.69) is 9.97 Å². The fraction of sp³-hybridized carbons (Fsp3) is 0.269. The topological polar surface area (TPSA) is 93.4 Å². The molecule has 5 rings (SSSR count). The number of aryl methyl sites for hydroxylation is 1. The number of fused-ring (bicyclic) bond motifs is 1. The van der Waals surface area contributed by atoms with Crippen molar-refractivity contribution in [2.75, 3.05) is 6.54 Å². The molecule has 0 bridgehead atoms. The van der Waals surface area contributed by atoms with Crippen LogP contribution in [-0.2, 0) is 27.4 Å². The Hall–Kier alpha value is -3.57. The fourth-order valence-electron chi connectivity index (χ4n) is 4.47. The number of nitrogens with zero attached hydrogens (tertiary/aromatic N) is 3. The predicted molar refractivity (Wildman–Crippen MR) is 129 cm³/mol. The van der Waals surface area contributed by atoms with E-state index < -0.39 is 27.8 Å². The Kier molecular flexibility index (Phi) is 6.59. The van der Waals surface area contributed by atoms with Crippen LogP contribution in [0.15, 0.2) is 76.5 Å². The Labute approximate surface area is 211 Å². The van der Waals surface area contributed by atoms with Gasteiger partial charge in [0, 0.05) is 48.1 Å². The van der Waals surface area contributed by atoms with Gasteiger partial charge in [-0.15, -0.1) is 0 Å². The number of rotatable bonds is 7. The van der Waals surface area contributed by atoms with Crippen molar-refractivity contribution in [3.8, 4) is 11.3 Å². The third-order valence-corrected chi connectivity index (χ3v) is 8.14. The number of alkyl halides is 3. The van der Waals surface area contributed by atoms with Gasteiger partial charge in [0.15, 0.2) is 5.78 Å². The van der Waals surface area contributed by atoms with E-state index in [-0.39, 0.29) is 30.3 Å². The van der Waals surface area contributed by atoms with Crippen LogP contribution in [0.3, 0.4) is 0 Å². The molecule has 0 amide bonds. The number of hydrogen-bond acceptors (Lipinski definition) is 6. The van der Waals surface area contributed by atoms with E-state index in [9.17, 15) is 26.4 Å². The summed E-state index contributed by atoms with van der Waals surface area (Å²) in [6.07, 6.45) is -0.903. The van der Waals surface area contributed by atoms with Gasteiger partial charge in [0.1, 0.15) is 5.58 Å². The molecule has 1 fully saturated rings. The summed E-state index contributed by atoms with van der Waals surface area (Å²) in [4.78, 5) is 21.2. The minimum atomic E-state index is -4.47. The number of benzene rings is 1. The summed E-state index contributed by atoms with van der Waals surface area (Å²) < 4.78 is 71.7. The van der Waals surface area contributed by atoms with Gasteiger partial charge >= 0.3 is 6.18 Å². The van der Waals surface area contributed by atoms with Crippen molar-refractivity contribution < 1.29 is 30.8 Å². The highest BCUT2D eigenvalue weighted by atomic mass is 32.2. The fourth-order valence-corrected chi connectivity index (χ4v) is 6.10. The van der Waals surface area contributed by atoms with Gasteiger partial charge in [0.2, 0.25) is 5.09 Å². The van der Waals surface area contributed by atoms with Gasteiger partial charge in [0.25, 0.3) is 10.0 Å². The highest BCUT2D eigenvalue weighted by Gasteiger charge is 2.40. The summed E-state index contributed by atoms with van der Waals surface area (Å²) in [5, 5.41) is 0.475. The Morgan fingerprint density at radius 2 is 1.89 bits per heavy atom. The van der Waals surface area contributed by atoms with Crippen LogP contribution in [0.5, 0.6) is 0 Å². The standard InChI is InChI=1S/C26H22F3N3O4S/c27-26(28,29)19-7-9-21(31-16-19)17-11-12-30-20(14-17)8-10-23(33)22-5-3-13-32(22)37(34,35)25-15-18-4-1-2-6-24(18)36-25/h1-2,4,6-7,9,11-12,14-16,22H,3,5,8,10,13H2/t22-/m0/s1. The number of para-hydroxylation sites is 1. The summed E-state index contributed by atoms with van der Waals surface area (Å²) in [6, 6.07) is 13.2. The van der Waals surface area contributed by atoms with Crippen LogP contribution in [0.2, 0.25) is 0 Å². The molecule has 1 aliphatic heterocycles. The van der Waals surface area contributed by atoms with E-state index in [0.717, 1.165) is 12.3 Å². The third-order valence-electron chi connectivity index (χ3n) is 6.37. The molecular weight excluding hydrogens is 507 g/mol. The molecule has 0 aliphatic carbocycles. The van der Waals surface area contributed by atoms with E-state index >= 15 is 0 Å². The van der Waals surface area contributed by atoms with Crippen LogP contribution in [-0.4, -0.2) is 41.1 Å². The lowest BCUT2D eigenvalue weighted by Crippen LogP contribution is -2.40. The third kappa shape index (κ3) is 5.14. The number of pyridine rings is 2. The number of carbonyl (C=O) groups is 1. The average Bonchev–Trinajstić information content (AvgIpc) is 3.55. The normalized spacial score (nSPS) is 16.9. The molecule has 4 aromatic rings. The molecular formula is C26H22F3N3O4S. The highest BCUT2D eigenvalue weighted by Crippen LogP contribution is 2.32. The summed E-state index contributed by atoms with van der Waals surface area (Å²) in [5.41, 5.74) is 1.09. The van der Waals surface area contributed by atoms with Gasteiger partial charge in [-0.2, -0.15) is 17.5 Å². The SMILES string of the molecule is O=C(CCc1cc(-c2ccc(C(F)(F)F)cn2)ccn1)[C@@H]1CCCN1S(=O)(=O)c1cc2ccccc2o1. The van der Waals surface area contributed by atoms with Crippen LogP contribution in [0, 0.1) is 0 Å². The van der Waals surface area contributed by atoms with Crippen LogP contribution >= 0.6 is 0 Å². The van der Waals surface area contributed by atoms with Crippen molar-refractivity contribution in [1.82, 2.24) is 14.3 Å². The lowest BCUT2D eigenvalue weighted by Gasteiger charge is -2.21. The molecule has 37 heavy (non-hydrogen) atoms. The molecule has 0 unspecified atom stereocenters. The van der Waals surface area contributed by atoms with Gasteiger partial charge in [-0.25, -0.2) is 8.42 Å². The van der Waals surface area contributed by atoms with Gasteiger partial charge in [-0.1, -0.05) is 18.2 Å². The molecule has 1 aromatic carbocycles. The van der Waals surface area contributed by atoms with Gasteiger partial charge in [0.05, 0.1) is 17.3 Å². The molecule has 192 valence electrons. The Morgan fingerprint density at radius 1 is 1.08 bits per heavy atom. The summed E-state index contributed by atoms with van der Waals surface area (Å²) >= 11 is 0. The summed E-state index contributed by atoms with van der Waals surface area (Å²) in [7, 11) is -3.99. The quantitative estimate of drug-likeness (QED) is 0.324. The maximum Gasteiger partial charge on any atom is 0.417 e. The summed E-state index contributed by atoms with van der Waals surface area (Å²) in [5.74, 6) is -0.225. The molecule has 4 heterocycles. The van der Waals surface area contributed by atoms with E-state index in [1.165, 1.54) is 22.6 Å². The first kappa shape index (κ1) is 25.1. The van der Waals surface area contributed by atoms with Gasteiger partial charge < -0.3 is 4.42 Å². The van der Waals surface area contributed by atoms with Crippen LogP contribution in [0.4, 0.5) is 13.2 Å². The first-order valence-corrected chi connectivity index (χ1v) is 13.1. The molecule has 0 spiro atoms. The zero-order valence-corrected chi connectivity index (χ0v) is 20.3. The van der Waals surface area contributed by atoms with E-state index in [0.29, 0.717) is 40.8 Å². The van der Waals surface area contributed by atoms with Crippen molar-refractivity contribution >= 4 is 26.8 Å². The molecule has 1 saturated heterocycles. The monoisotopic (exact) mass is 529 g/mol. The van der Waals surface area contributed by atoms with Crippen LogP contribution in [0.25, 0.3) is 22.2 Å². The smallest absolute Gasteiger partial charge is 0.417 e. The number of Topliss-reactive ketones (excluding diaryl/α,β-unsaturated/α-hetero) is 1. The first-order valence-electron chi connectivity index (χ1n) is 11.6. The zero-order chi connectivity index (χ0) is 26.2. The second-order valence-corrected chi connectivity index (χ2v) is 10.6. The number of ketones is 1. The Bertz CT molecular complexity index is 1520. The summed E-state index contributed by atoms with van der Waals surface area (Å²) in [6.45, 7) is 0.225. The number of halogens is 3. The average molecular weight is 530 g/mol. The van der Waals surface area contributed by atoms with Crippen molar-refractivity contribution in [1.29, 1.82) is 0 Å². The minimum Gasteiger partial charge on any atom is -0.443 e. The van der Waals surface area contributed by atoms with Crippen LogP contribution in [0.1, 0.15) is 30.5 Å². The number of carbonyl (C=O) groups excluding carboxylic acids is 1. The van der Waals surface area contributed by atoms with Crippen molar-refractivity contribution in [2.45, 2.75) is 43.0 Å². The Morgan fingerprint density at radius 3 is 2.62 bits per heavy atom. The first-order chi connectivity index (χ1) is 17.6. The lowest BCUT2D eigenvalue weighted by molar-refractivity contribution is -0.137. The van der Waals surface area contributed by atoms with Gasteiger partial charge in [-0.3, -0.25) is 14.8 Å². The second-order valence-electron chi connectivity index (χ2n) is 8.81. The molecule has 1 atom stereocenters. The number of furan rings is 1. The highest BCUT2D eigenvalue weighted by molar-refractivity contribution is 7.89.